The second-order valence-corrected chi connectivity index (χ2v) is 8.09. The first kappa shape index (κ1) is 22.2. The lowest BCUT2D eigenvalue weighted by atomic mass is 9.86. The van der Waals surface area contributed by atoms with Crippen molar-refractivity contribution in [1.82, 2.24) is 0 Å². The second-order valence-electron chi connectivity index (χ2n) is 7.22. The Labute approximate surface area is 190 Å². The Kier molecular flexibility index (Phi) is 5.65. The number of hydrogen-bond acceptors (Lipinski definition) is 3. The Bertz CT molecular complexity index is 1210. The maximum Gasteiger partial charge on any atom is 0.435 e. The number of carboxylic acids is 1. The highest BCUT2D eigenvalue weighted by Gasteiger charge is 2.62. The molecular weight excluding hydrogens is 466 g/mol. The predicted molar refractivity (Wildman–Crippen MR) is 115 cm³/mol. The number of nitrogens with zero attached hydrogens (tertiary/aromatic N) is 1. The summed E-state index contributed by atoms with van der Waals surface area (Å²) in [6.45, 7) is 0. The van der Waals surface area contributed by atoms with Crippen LogP contribution >= 0.6 is 23.2 Å². The minimum atomic E-state index is -4.79. The molecule has 0 aromatic heterocycles. The lowest BCUT2D eigenvalue weighted by Crippen LogP contribution is -2.42. The second kappa shape index (κ2) is 8.15. The molecule has 0 aliphatic carbocycles. The minimum absolute atomic E-state index is 0.0506. The van der Waals surface area contributed by atoms with Gasteiger partial charge in [0.2, 0.25) is 0 Å². The van der Waals surface area contributed by atoms with Gasteiger partial charge in [-0.15, -0.1) is 0 Å². The number of benzene rings is 3. The molecule has 0 spiro atoms. The number of rotatable bonds is 4. The van der Waals surface area contributed by atoms with Gasteiger partial charge in [0, 0.05) is 22.0 Å². The fourth-order valence-corrected chi connectivity index (χ4v) is 4.14. The Morgan fingerprint density at radius 3 is 2.16 bits per heavy atom. The van der Waals surface area contributed by atoms with Crippen molar-refractivity contribution < 1.29 is 27.9 Å². The van der Waals surface area contributed by atoms with Gasteiger partial charge >= 0.3 is 12.1 Å². The van der Waals surface area contributed by atoms with E-state index in [0.29, 0.717) is 16.7 Å². The quantitative estimate of drug-likeness (QED) is 0.440. The number of hydrogen-bond donors (Lipinski definition) is 1. The third-order valence-corrected chi connectivity index (χ3v) is 5.64. The van der Waals surface area contributed by atoms with Gasteiger partial charge < -0.3 is 9.94 Å². The van der Waals surface area contributed by atoms with E-state index in [1.807, 2.05) is 0 Å². The first-order chi connectivity index (χ1) is 15.1. The molecule has 0 amide bonds. The molecular formula is C23H14Cl2F3NO3. The van der Waals surface area contributed by atoms with Crippen molar-refractivity contribution in [3.63, 3.8) is 0 Å². The largest absolute Gasteiger partial charge is 0.478 e. The molecule has 0 bridgehead atoms. The van der Waals surface area contributed by atoms with Crippen molar-refractivity contribution in [2.45, 2.75) is 18.2 Å². The summed E-state index contributed by atoms with van der Waals surface area (Å²) in [5.41, 5.74) is -1.23. The van der Waals surface area contributed by atoms with Crippen molar-refractivity contribution in [2.24, 2.45) is 5.16 Å². The Morgan fingerprint density at radius 1 is 0.969 bits per heavy atom. The van der Waals surface area contributed by atoms with Crippen molar-refractivity contribution in [3.05, 3.63) is 93.5 Å². The van der Waals surface area contributed by atoms with Crippen LogP contribution in [0.4, 0.5) is 13.2 Å². The molecule has 4 rings (SSSR count). The van der Waals surface area contributed by atoms with Gasteiger partial charge in [-0.25, -0.2) is 4.79 Å². The van der Waals surface area contributed by atoms with Crippen LogP contribution in [-0.2, 0) is 10.4 Å². The van der Waals surface area contributed by atoms with Gasteiger partial charge in [0.1, 0.15) is 0 Å². The first-order valence-corrected chi connectivity index (χ1v) is 10.1. The molecule has 0 saturated carbocycles. The molecule has 0 radical (unpaired) electrons. The number of alkyl halides is 3. The molecule has 1 aliphatic rings. The van der Waals surface area contributed by atoms with Crippen LogP contribution in [0.1, 0.15) is 27.9 Å². The van der Waals surface area contributed by atoms with Gasteiger partial charge in [-0.2, -0.15) is 13.2 Å². The highest BCUT2D eigenvalue weighted by Crippen LogP contribution is 2.49. The summed E-state index contributed by atoms with van der Waals surface area (Å²) in [5, 5.41) is 13.2. The Morgan fingerprint density at radius 2 is 1.56 bits per heavy atom. The van der Waals surface area contributed by atoms with Gasteiger partial charge in [-0.05, 0) is 41.0 Å². The van der Waals surface area contributed by atoms with Gasteiger partial charge in [-0.1, -0.05) is 70.8 Å². The van der Waals surface area contributed by atoms with E-state index in [-0.39, 0.29) is 26.9 Å². The number of halogens is 5. The van der Waals surface area contributed by atoms with Crippen LogP contribution in [0.25, 0.3) is 11.1 Å². The molecule has 164 valence electrons. The van der Waals surface area contributed by atoms with Crippen LogP contribution in [0, 0.1) is 0 Å². The van der Waals surface area contributed by atoms with Gasteiger partial charge in [0.15, 0.2) is 0 Å². The zero-order chi connectivity index (χ0) is 23.1. The SMILES string of the molecule is O=C(O)c1ccccc1-c1ccc(C2=NOC(c3cc(Cl)cc(Cl)c3)(C(F)(F)F)C2)cc1. The van der Waals surface area contributed by atoms with Crippen molar-refractivity contribution in [3.8, 4) is 11.1 Å². The molecule has 3 aromatic carbocycles. The van der Waals surface area contributed by atoms with Gasteiger partial charge in [0.25, 0.3) is 5.60 Å². The van der Waals surface area contributed by atoms with E-state index in [1.54, 1.807) is 42.5 Å². The highest BCUT2D eigenvalue weighted by atomic mass is 35.5. The molecule has 4 nitrogen and oxygen atoms in total. The molecule has 1 atom stereocenters. The fraction of sp³-hybridized carbons (Fsp3) is 0.130. The molecule has 1 aliphatic heterocycles. The molecule has 1 N–H and O–H groups in total. The summed E-state index contributed by atoms with van der Waals surface area (Å²) in [4.78, 5) is 16.5. The first-order valence-electron chi connectivity index (χ1n) is 9.32. The summed E-state index contributed by atoms with van der Waals surface area (Å²) in [6.07, 6.45) is -5.36. The van der Waals surface area contributed by atoms with Crippen LogP contribution in [0.3, 0.4) is 0 Å². The maximum atomic E-state index is 14.1. The van der Waals surface area contributed by atoms with Gasteiger partial charge in [-0.3, -0.25) is 0 Å². The van der Waals surface area contributed by atoms with Crippen molar-refractivity contribution in [2.75, 3.05) is 0 Å². The molecule has 1 heterocycles. The zero-order valence-electron chi connectivity index (χ0n) is 16.2. The summed E-state index contributed by atoms with van der Waals surface area (Å²) in [5.74, 6) is -1.08. The summed E-state index contributed by atoms with van der Waals surface area (Å²) >= 11 is 11.8. The van der Waals surface area contributed by atoms with E-state index < -0.39 is 24.2 Å². The van der Waals surface area contributed by atoms with Gasteiger partial charge in [0.05, 0.1) is 11.3 Å². The number of carboxylic acid groups (broad SMARTS) is 1. The average molecular weight is 480 g/mol. The molecule has 32 heavy (non-hydrogen) atoms. The van der Waals surface area contributed by atoms with Crippen molar-refractivity contribution >= 4 is 34.9 Å². The van der Waals surface area contributed by atoms with E-state index in [1.165, 1.54) is 12.1 Å². The zero-order valence-corrected chi connectivity index (χ0v) is 17.7. The third-order valence-electron chi connectivity index (χ3n) is 5.20. The number of carbonyl (C=O) groups is 1. The maximum absolute atomic E-state index is 14.1. The molecule has 9 heteroatoms. The minimum Gasteiger partial charge on any atom is -0.478 e. The van der Waals surface area contributed by atoms with Crippen LogP contribution < -0.4 is 0 Å². The molecule has 0 saturated heterocycles. The summed E-state index contributed by atoms with van der Waals surface area (Å²) in [6, 6.07) is 16.5. The lowest BCUT2D eigenvalue weighted by molar-refractivity contribution is -0.275. The van der Waals surface area contributed by atoms with E-state index in [9.17, 15) is 23.1 Å². The topological polar surface area (TPSA) is 58.9 Å². The Balaban J connectivity index is 1.67. The monoisotopic (exact) mass is 479 g/mol. The summed E-state index contributed by atoms with van der Waals surface area (Å²) < 4.78 is 42.4. The molecule has 3 aromatic rings. The van der Waals surface area contributed by atoms with Crippen LogP contribution in [0.2, 0.25) is 10.0 Å². The normalized spacial score (nSPS) is 18.2. The highest BCUT2D eigenvalue weighted by molar-refractivity contribution is 6.34. The standard InChI is InChI=1S/C23H14Cl2F3NO3/c24-16-9-15(10-17(25)11-16)22(23(26,27)28)12-20(29-32-22)14-7-5-13(6-8-14)18-3-1-2-4-19(18)21(30)31/h1-11H,12H2,(H,30,31). The smallest absolute Gasteiger partial charge is 0.435 e. The van der Waals surface area contributed by atoms with E-state index in [0.717, 1.165) is 12.1 Å². The van der Waals surface area contributed by atoms with Crippen LogP contribution in [-0.4, -0.2) is 23.0 Å². The van der Waals surface area contributed by atoms with E-state index in [2.05, 4.69) is 5.16 Å². The van der Waals surface area contributed by atoms with Crippen molar-refractivity contribution in [1.29, 1.82) is 0 Å². The summed E-state index contributed by atoms with van der Waals surface area (Å²) in [7, 11) is 0. The van der Waals surface area contributed by atoms with Crippen LogP contribution in [0.5, 0.6) is 0 Å². The van der Waals surface area contributed by atoms with E-state index in [4.69, 9.17) is 28.0 Å². The lowest BCUT2D eigenvalue weighted by Gasteiger charge is -2.29. The molecule has 0 fully saturated rings. The average Bonchev–Trinajstić information content (AvgIpc) is 3.20. The third kappa shape index (κ3) is 3.94. The van der Waals surface area contributed by atoms with E-state index >= 15 is 0 Å². The fourth-order valence-electron chi connectivity index (χ4n) is 3.61. The number of oxime groups is 1. The van der Waals surface area contributed by atoms with Crippen LogP contribution in [0.15, 0.2) is 71.9 Å². The molecule has 1 unspecified atom stereocenters. The number of aromatic carboxylic acids is 1. The predicted octanol–water partition coefficient (Wildman–Crippen LogP) is 6.94. The Hall–Kier alpha value is -3.03.